The maximum Gasteiger partial charge on any atom is 0.239 e. The molecule has 0 bridgehead atoms. The number of hydrogen-bond acceptors (Lipinski definition) is 3. The smallest absolute Gasteiger partial charge is 0.239 e. The van der Waals surface area contributed by atoms with E-state index in [1.54, 1.807) is 0 Å². The lowest BCUT2D eigenvalue weighted by atomic mass is 9.86. The Bertz CT molecular complexity index is 226. The fourth-order valence-electron chi connectivity index (χ4n) is 2.34. The molecule has 14 heavy (non-hydrogen) atoms. The van der Waals surface area contributed by atoms with E-state index in [4.69, 9.17) is 0 Å². The lowest BCUT2D eigenvalue weighted by Crippen LogP contribution is -2.57. The van der Waals surface area contributed by atoms with Crippen LogP contribution in [-0.2, 0) is 4.79 Å². The summed E-state index contributed by atoms with van der Waals surface area (Å²) in [6.07, 6.45) is 3.37. The van der Waals surface area contributed by atoms with Crippen molar-refractivity contribution >= 4 is 5.91 Å². The van der Waals surface area contributed by atoms with Gasteiger partial charge in [0.15, 0.2) is 0 Å². The molecule has 1 saturated heterocycles. The van der Waals surface area contributed by atoms with E-state index in [9.17, 15) is 9.90 Å². The van der Waals surface area contributed by atoms with E-state index >= 15 is 0 Å². The van der Waals surface area contributed by atoms with E-state index in [1.807, 2.05) is 11.9 Å². The monoisotopic (exact) mass is 198 g/mol. The highest BCUT2D eigenvalue weighted by atomic mass is 16.3. The molecule has 1 aliphatic heterocycles. The third-order valence-corrected chi connectivity index (χ3v) is 3.35. The van der Waals surface area contributed by atoms with Crippen LogP contribution in [0.25, 0.3) is 0 Å². The number of nitrogens with one attached hydrogen (secondary N) is 1. The van der Waals surface area contributed by atoms with E-state index in [-0.39, 0.29) is 18.1 Å². The van der Waals surface area contributed by atoms with Crippen LogP contribution in [0.3, 0.4) is 0 Å². The minimum Gasteiger partial charge on any atom is -0.393 e. The Morgan fingerprint density at radius 3 is 2.79 bits per heavy atom. The van der Waals surface area contributed by atoms with Gasteiger partial charge in [0.25, 0.3) is 0 Å². The third-order valence-electron chi connectivity index (χ3n) is 3.35. The van der Waals surface area contributed by atoms with Crippen LogP contribution in [0.5, 0.6) is 0 Å². The number of aliphatic hydroxyl groups is 1. The molecule has 80 valence electrons. The Hall–Kier alpha value is -0.610. The first-order chi connectivity index (χ1) is 6.72. The molecule has 2 fully saturated rings. The van der Waals surface area contributed by atoms with Gasteiger partial charge in [-0.15, -0.1) is 0 Å². The number of nitrogens with zero attached hydrogens (tertiary/aromatic N) is 1. The van der Waals surface area contributed by atoms with Crippen molar-refractivity contribution in [1.82, 2.24) is 10.2 Å². The Kier molecular flexibility index (Phi) is 2.74. The number of rotatable bonds is 2. The summed E-state index contributed by atoms with van der Waals surface area (Å²) in [5.41, 5.74) is 0. The molecule has 1 unspecified atom stereocenters. The predicted octanol–water partition coefficient (Wildman–Crippen LogP) is -0.280. The van der Waals surface area contributed by atoms with Crippen molar-refractivity contribution in [3.05, 3.63) is 0 Å². The summed E-state index contributed by atoms with van der Waals surface area (Å²) >= 11 is 0. The van der Waals surface area contributed by atoms with Crippen LogP contribution in [0.4, 0.5) is 0 Å². The number of amides is 1. The Balaban J connectivity index is 1.94. The highest BCUT2D eigenvalue weighted by molar-refractivity contribution is 5.83. The van der Waals surface area contributed by atoms with Gasteiger partial charge in [0.2, 0.25) is 5.91 Å². The van der Waals surface area contributed by atoms with Crippen molar-refractivity contribution in [2.45, 2.75) is 43.9 Å². The van der Waals surface area contributed by atoms with E-state index in [1.165, 1.54) is 0 Å². The molecule has 2 aliphatic rings. The average Bonchev–Trinajstić information content (AvgIpc) is 2.14. The summed E-state index contributed by atoms with van der Waals surface area (Å²) in [4.78, 5) is 13.8. The predicted molar refractivity (Wildman–Crippen MR) is 52.8 cm³/mol. The SMILES string of the molecule is CNC1CCCN(C2CC(O)C2)C1=O. The average molecular weight is 198 g/mol. The van der Waals surface area contributed by atoms with Gasteiger partial charge in [-0.3, -0.25) is 4.79 Å². The quantitative estimate of drug-likeness (QED) is 0.641. The van der Waals surface area contributed by atoms with E-state index in [0.717, 1.165) is 32.2 Å². The van der Waals surface area contributed by atoms with Crippen LogP contribution in [0.15, 0.2) is 0 Å². The molecule has 2 rings (SSSR count). The summed E-state index contributed by atoms with van der Waals surface area (Å²) in [6, 6.07) is 0.301. The Morgan fingerprint density at radius 1 is 1.50 bits per heavy atom. The largest absolute Gasteiger partial charge is 0.393 e. The van der Waals surface area contributed by atoms with Gasteiger partial charge in [0.1, 0.15) is 0 Å². The highest BCUT2D eigenvalue weighted by Gasteiger charge is 2.38. The molecule has 1 atom stereocenters. The maximum atomic E-state index is 11.9. The lowest BCUT2D eigenvalue weighted by Gasteiger charge is -2.44. The molecule has 0 spiro atoms. The minimum atomic E-state index is -0.178. The summed E-state index contributed by atoms with van der Waals surface area (Å²) in [7, 11) is 1.84. The van der Waals surface area contributed by atoms with Gasteiger partial charge < -0.3 is 15.3 Å². The van der Waals surface area contributed by atoms with Crippen molar-refractivity contribution < 1.29 is 9.90 Å². The van der Waals surface area contributed by atoms with Crippen molar-refractivity contribution in [2.24, 2.45) is 0 Å². The van der Waals surface area contributed by atoms with E-state index in [0.29, 0.717) is 6.04 Å². The Labute approximate surface area is 84.3 Å². The summed E-state index contributed by atoms with van der Waals surface area (Å²) < 4.78 is 0. The minimum absolute atomic E-state index is 0.00138. The van der Waals surface area contributed by atoms with Crippen LogP contribution in [0.2, 0.25) is 0 Å². The van der Waals surface area contributed by atoms with Gasteiger partial charge in [-0.05, 0) is 32.7 Å². The second-order valence-electron chi connectivity index (χ2n) is 4.29. The fraction of sp³-hybridized carbons (Fsp3) is 0.900. The summed E-state index contributed by atoms with van der Waals surface area (Å²) in [6.45, 7) is 0.869. The van der Waals surface area contributed by atoms with Crippen LogP contribution in [-0.4, -0.2) is 47.7 Å². The first-order valence-corrected chi connectivity index (χ1v) is 5.38. The zero-order valence-electron chi connectivity index (χ0n) is 8.57. The van der Waals surface area contributed by atoms with Crippen LogP contribution < -0.4 is 5.32 Å². The molecule has 0 aromatic rings. The van der Waals surface area contributed by atoms with Crippen molar-refractivity contribution in [2.75, 3.05) is 13.6 Å². The van der Waals surface area contributed by atoms with E-state index in [2.05, 4.69) is 5.32 Å². The summed E-state index contributed by atoms with van der Waals surface area (Å²) in [5.74, 6) is 0.218. The number of piperidine rings is 1. The number of aliphatic hydroxyl groups excluding tert-OH is 1. The molecule has 0 aromatic heterocycles. The number of likely N-dealkylation sites (tertiary alicyclic amines) is 1. The number of hydrogen-bond donors (Lipinski definition) is 2. The second kappa shape index (κ2) is 3.87. The zero-order chi connectivity index (χ0) is 10.1. The van der Waals surface area contributed by atoms with Crippen LogP contribution >= 0.6 is 0 Å². The molecule has 0 aromatic carbocycles. The van der Waals surface area contributed by atoms with Gasteiger partial charge >= 0.3 is 0 Å². The second-order valence-corrected chi connectivity index (χ2v) is 4.29. The normalized spacial score (nSPS) is 38.3. The summed E-state index contributed by atoms with van der Waals surface area (Å²) in [5, 5.41) is 12.2. The van der Waals surface area contributed by atoms with Crippen LogP contribution in [0, 0.1) is 0 Å². The van der Waals surface area contributed by atoms with Gasteiger partial charge in [-0.2, -0.15) is 0 Å². The highest BCUT2D eigenvalue weighted by Crippen LogP contribution is 2.28. The molecule has 1 saturated carbocycles. The standard InChI is InChI=1S/C10H18N2O2/c1-11-9-3-2-4-12(10(9)14)7-5-8(13)6-7/h7-9,11,13H,2-6H2,1H3. The first kappa shape index (κ1) is 9.93. The molecule has 0 radical (unpaired) electrons. The van der Waals surface area contributed by atoms with Crippen molar-refractivity contribution in [3.63, 3.8) is 0 Å². The molecule has 2 N–H and O–H groups in total. The molecule has 4 heteroatoms. The van der Waals surface area contributed by atoms with Crippen molar-refractivity contribution in [1.29, 1.82) is 0 Å². The molecule has 1 amide bonds. The fourth-order valence-corrected chi connectivity index (χ4v) is 2.34. The van der Waals surface area contributed by atoms with Gasteiger partial charge in [-0.25, -0.2) is 0 Å². The molecule has 1 aliphatic carbocycles. The molecule has 1 heterocycles. The maximum absolute atomic E-state index is 11.9. The van der Waals surface area contributed by atoms with E-state index < -0.39 is 0 Å². The lowest BCUT2D eigenvalue weighted by molar-refractivity contribution is -0.143. The van der Waals surface area contributed by atoms with Gasteiger partial charge in [0, 0.05) is 12.6 Å². The van der Waals surface area contributed by atoms with Crippen LogP contribution in [0.1, 0.15) is 25.7 Å². The number of carbonyl (C=O) groups excluding carboxylic acids is 1. The molecular weight excluding hydrogens is 180 g/mol. The zero-order valence-corrected chi connectivity index (χ0v) is 8.57. The number of likely N-dealkylation sites (N-methyl/N-ethyl adjacent to an activating group) is 1. The number of carbonyl (C=O) groups is 1. The molecular formula is C10H18N2O2. The third kappa shape index (κ3) is 1.64. The first-order valence-electron chi connectivity index (χ1n) is 5.38. The Morgan fingerprint density at radius 2 is 2.21 bits per heavy atom. The topological polar surface area (TPSA) is 52.6 Å². The van der Waals surface area contributed by atoms with Gasteiger partial charge in [-0.1, -0.05) is 0 Å². The van der Waals surface area contributed by atoms with Crippen molar-refractivity contribution in [3.8, 4) is 0 Å². The van der Waals surface area contributed by atoms with Gasteiger partial charge in [0.05, 0.1) is 12.1 Å². The molecule has 4 nitrogen and oxygen atoms in total.